The highest BCUT2D eigenvalue weighted by molar-refractivity contribution is 7.15. The molecule has 1 aliphatic heterocycles. The van der Waals surface area contributed by atoms with Crippen LogP contribution < -0.4 is 4.74 Å². The molecule has 160 valence electrons. The van der Waals surface area contributed by atoms with Crippen molar-refractivity contribution in [3.63, 3.8) is 0 Å². The van der Waals surface area contributed by atoms with Crippen molar-refractivity contribution in [3.8, 4) is 5.75 Å². The lowest BCUT2D eigenvalue weighted by atomic mass is 9.94. The minimum atomic E-state index is -0.364. The Labute approximate surface area is 192 Å². The van der Waals surface area contributed by atoms with E-state index in [2.05, 4.69) is 5.16 Å². The van der Waals surface area contributed by atoms with Crippen molar-refractivity contribution in [2.24, 2.45) is 0 Å². The number of halogens is 2. The number of hydrogen-bond donors (Lipinski definition) is 0. The van der Waals surface area contributed by atoms with E-state index < -0.39 is 0 Å². The van der Waals surface area contributed by atoms with Crippen LogP contribution >= 0.6 is 34.5 Å². The summed E-state index contributed by atoms with van der Waals surface area (Å²) in [7, 11) is 0. The first-order valence-corrected chi connectivity index (χ1v) is 11.3. The van der Waals surface area contributed by atoms with Gasteiger partial charge in [0.2, 0.25) is 0 Å². The molecule has 7 nitrogen and oxygen atoms in total. The van der Waals surface area contributed by atoms with Gasteiger partial charge in [-0.1, -0.05) is 28.4 Å². The van der Waals surface area contributed by atoms with Gasteiger partial charge in [0.05, 0.1) is 22.1 Å². The summed E-state index contributed by atoms with van der Waals surface area (Å²) in [6.07, 6.45) is 2.64. The van der Waals surface area contributed by atoms with Gasteiger partial charge in [0, 0.05) is 35.1 Å². The number of hydrogen-bond acceptors (Lipinski definition) is 6. The predicted octanol–water partition coefficient (Wildman–Crippen LogP) is 4.86. The number of rotatable bonds is 4. The first-order chi connectivity index (χ1) is 14.9. The Kier molecular flexibility index (Phi) is 5.16. The molecule has 3 aromatic heterocycles. The van der Waals surface area contributed by atoms with E-state index in [-0.39, 0.29) is 18.6 Å². The van der Waals surface area contributed by atoms with Crippen molar-refractivity contribution < 1.29 is 14.1 Å². The second-order valence-corrected chi connectivity index (χ2v) is 9.06. The molecule has 0 fully saturated rings. The summed E-state index contributed by atoms with van der Waals surface area (Å²) < 4.78 is 13.2. The molecule has 5 rings (SSSR count). The zero-order chi connectivity index (χ0) is 21.7. The summed E-state index contributed by atoms with van der Waals surface area (Å²) >= 11 is 13.7. The molecule has 1 aromatic carbocycles. The number of amides is 1. The molecule has 0 bridgehead atoms. The molecule has 0 saturated carbocycles. The van der Waals surface area contributed by atoms with Crippen molar-refractivity contribution in [1.82, 2.24) is 19.4 Å². The number of imidazole rings is 1. The van der Waals surface area contributed by atoms with Crippen molar-refractivity contribution in [2.75, 3.05) is 13.2 Å². The second-order valence-electron chi connectivity index (χ2n) is 7.34. The first-order valence-electron chi connectivity index (χ1n) is 9.68. The molecule has 1 amide bonds. The fraction of sp³-hybridized carbons (Fsp3) is 0.286. The maximum absolute atomic E-state index is 13.3. The number of ether oxygens (including phenoxy) is 1. The van der Waals surface area contributed by atoms with E-state index >= 15 is 0 Å². The van der Waals surface area contributed by atoms with E-state index in [1.165, 1.54) is 0 Å². The van der Waals surface area contributed by atoms with Gasteiger partial charge in [0.25, 0.3) is 5.91 Å². The van der Waals surface area contributed by atoms with E-state index in [0.717, 1.165) is 27.6 Å². The van der Waals surface area contributed by atoms with Gasteiger partial charge < -0.3 is 14.2 Å². The number of nitrogens with zero attached hydrogens (tertiary/aromatic N) is 4. The number of fused-ring (bicyclic) bond motifs is 3. The third-order valence-electron chi connectivity index (χ3n) is 5.46. The van der Waals surface area contributed by atoms with E-state index in [0.29, 0.717) is 34.5 Å². The molecule has 1 unspecified atom stereocenters. The monoisotopic (exact) mass is 476 g/mol. The maximum Gasteiger partial charge on any atom is 0.261 e. The number of carbonyl (C=O) groups is 1. The number of aryl methyl sites for hydroxylation is 2. The number of aromatic nitrogens is 3. The molecule has 1 aliphatic rings. The third-order valence-corrected chi connectivity index (χ3v) is 6.75. The van der Waals surface area contributed by atoms with Gasteiger partial charge >= 0.3 is 0 Å². The molecule has 0 N–H and O–H groups in total. The van der Waals surface area contributed by atoms with Crippen LogP contribution in [0.1, 0.15) is 34.4 Å². The predicted molar refractivity (Wildman–Crippen MR) is 118 cm³/mol. The highest BCUT2D eigenvalue weighted by Gasteiger charge is 2.39. The Balaban J connectivity index is 1.51. The topological polar surface area (TPSA) is 72.9 Å². The van der Waals surface area contributed by atoms with E-state index in [9.17, 15) is 4.79 Å². The molecule has 0 spiro atoms. The minimum Gasteiger partial charge on any atom is -0.482 e. The third kappa shape index (κ3) is 3.48. The quantitative estimate of drug-likeness (QED) is 0.420. The second kappa shape index (κ2) is 7.85. The van der Waals surface area contributed by atoms with E-state index in [1.807, 2.05) is 34.7 Å². The molecule has 31 heavy (non-hydrogen) atoms. The van der Waals surface area contributed by atoms with Crippen molar-refractivity contribution in [1.29, 1.82) is 0 Å². The number of thiazole rings is 1. The average molecular weight is 477 g/mol. The number of carbonyl (C=O) groups excluding carboxylic acids is 1. The molecule has 4 aromatic rings. The highest BCUT2D eigenvalue weighted by Crippen LogP contribution is 2.39. The van der Waals surface area contributed by atoms with Gasteiger partial charge in [-0.25, -0.2) is 4.98 Å². The van der Waals surface area contributed by atoms with E-state index in [1.54, 1.807) is 29.5 Å². The van der Waals surface area contributed by atoms with Crippen molar-refractivity contribution in [2.45, 2.75) is 26.3 Å². The van der Waals surface area contributed by atoms with Crippen LogP contribution in [0.2, 0.25) is 10.0 Å². The highest BCUT2D eigenvalue weighted by atomic mass is 35.5. The van der Waals surface area contributed by atoms with Gasteiger partial charge in [-0.05, 0) is 32.0 Å². The summed E-state index contributed by atoms with van der Waals surface area (Å²) in [6.45, 7) is 4.12. The Bertz CT molecular complexity index is 1280. The lowest BCUT2D eigenvalue weighted by molar-refractivity contribution is -0.135. The summed E-state index contributed by atoms with van der Waals surface area (Å²) in [6, 6.07) is 4.55. The summed E-state index contributed by atoms with van der Waals surface area (Å²) in [5.41, 5.74) is 3.59. The Morgan fingerprint density at radius 1 is 1.35 bits per heavy atom. The Morgan fingerprint density at radius 3 is 2.94 bits per heavy atom. The summed E-state index contributed by atoms with van der Waals surface area (Å²) in [5, 5.41) is 6.97. The molecular weight excluding hydrogens is 459 g/mol. The molecule has 0 radical (unpaired) electrons. The lowest BCUT2D eigenvalue weighted by Crippen LogP contribution is -2.43. The van der Waals surface area contributed by atoms with Crippen LogP contribution in [-0.4, -0.2) is 38.5 Å². The summed E-state index contributed by atoms with van der Waals surface area (Å²) in [5.74, 6) is 0.933. The SMILES string of the molecule is Cc1noc(C)c1C1c2c(nc3sccn23)CCN1C(=O)COc1ccc(Cl)cc1Cl. The van der Waals surface area contributed by atoms with Gasteiger partial charge in [0.1, 0.15) is 17.6 Å². The molecule has 1 atom stereocenters. The largest absolute Gasteiger partial charge is 0.482 e. The van der Waals surface area contributed by atoms with Crippen LogP contribution in [0.4, 0.5) is 0 Å². The zero-order valence-corrected chi connectivity index (χ0v) is 19.1. The van der Waals surface area contributed by atoms with Crippen LogP contribution in [0, 0.1) is 13.8 Å². The zero-order valence-electron chi connectivity index (χ0n) is 16.8. The van der Waals surface area contributed by atoms with E-state index in [4.69, 9.17) is 37.4 Å². The van der Waals surface area contributed by atoms with Crippen LogP contribution in [0.5, 0.6) is 5.75 Å². The Hall–Kier alpha value is -2.55. The van der Waals surface area contributed by atoms with Crippen molar-refractivity contribution >= 4 is 45.4 Å². The smallest absolute Gasteiger partial charge is 0.261 e. The number of benzene rings is 1. The van der Waals surface area contributed by atoms with Gasteiger partial charge in [-0.2, -0.15) is 0 Å². The Morgan fingerprint density at radius 2 is 2.19 bits per heavy atom. The van der Waals surface area contributed by atoms with Gasteiger partial charge in [-0.3, -0.25) is 9.20 Å². The average Bonchev–Trinajstić information content (AvgIpc) is 3.41. The van der Waals surface area contributed by atoms with Crippen LogP contribution in [-0.2, 0) is 11.2 Å². The van der Waals surface area contributed by atoms with Crippen LogP contribution in [0.3, 0.4) is 0 Å². The fourth-order valence-corrected chi connectivity index (χ4v) is 5.28. The van der Waals surface area contributed by atoms with Crippen molar-refractivity contribution in [3.05, 3.63) is 68.2 Å². The standard InChI is InChI=1S/C21H18Cl2N4O3S/c1-11-18(12(2)30-25-11)20-19-15(24-21-27(19)7-8-31-21)5-6-26(20)17(28)10-29-16-4-3-13(22)9-14(16)23/h3-4,7-9,20H,5-6,10H2,1-2H3. The fourth-order valence-electron chi connectivity index (χ4n) is 4.08. The first kappa shape index (κ1) is 20.4. The summed E-state index contributed by atoms with van der Waals surface area (Å²) in [4.78, 5) is 20.8. The van der Waals surface area contributed by atoms with Gasteiger partial charge in [-0.15, -0.1) is 11.3 Å². The molecule has 0 aliphatic carbocycles. The van der Waals surface area contributed by atoms with Gasteiger partial charge in [0.15, 0.2) is 11.6 Å². The maximum atomic E-state index is 13.3. The van der Waals surface area contributed by atoms with Crippen LogP contribution in [0.15, 0.2) is 34.3 Å². The normalized spacial score (nSPS) is 16.0. The molecular formula is C21H18Cl2N4O3S. The molecule has 10 heteroatoms. The van der Waals surface area contributed by atoms with Crippen LogP contribution in [0.25, 0.3) is 4.96 Å². The lowest BCUT2D eigenvalue weighted by Gasteiger charge is -2.35. The molecule has 0 saturated heterocycles. The molecule has 4 heterocycles. The minimum absolute atomic E-state index is 0.151.